The Hall–Kier alpha value is -1.62. The zero-order valence-corrected chi connectivity index (χ0v) is 13.2. The number of hydrogen-bond donors (Lipinski definition) is 1. The molecule has 0 saturated carbocycles. The highest BCUT2D eigenvalue weighted by molar-refractivity contribution is 5.93. The summed E-state index contributed by atoms with van der Waals surface area (Å²) in [4.78, 5) is 20.4. The van der Waals surface area contributed by atoms with Gasteiger partial charge in [0.1, 0.15) is 5.82 Å². The molecule has 0 aromatic carbocycles. The lowest BCUT2D eigenvalue weighted by Crippen LogP contribution is -2.29. The lowest BCUT2D eigenvalue weighted by Gasteiger charge is -2.18. The fourth-order valence-corrected chi connectivity index (χ4v) is 2.82. The molecule has 5 heteroatoms. The Kier molecular flexibility index (Phi) is 5.17. The van der Waals surface area contributed by atoms with Crippen LogP contribution in [0.5, 0.6) is 0 Å². The molecule has 0 bridgehead atoms. The van der Waals surface area contributed by atoms with Crippen molar-refractivity contribution in [2.45, 2.75) is 32.7 Å². The van der Waals surface area contributed by atoms with Crippen LogP contribution in [-0.2, 0) is 0 Å². The fraction of sp³-hybridized carbons (Fsp3) is 0.625. The lowest BCUT2D eigenvalue weighted by molar-refractivity contribution is 0.0802. The van der Waals surface area contributed by atoms with Gasteiger partial charge in [-0.15, -0.1) is 0 Å². The highest BCUT2D eigenvalue weighted by Crippen LogP contribution is 2.24. The fourth-order valence-electron chi connectivity index (χ4n) is 2.82. The molecule has 1 aromatic rings. The topological polar surface area (TPSA) is 62.5 Å². The van der Waals surface area contributed by atoms with Gasteiger partial charge in [0.2, 0.25) is 0 Å². The first-order valence-corrected chi connectivity index (χ1v) is 7.78. The van der Waals surface area contributed by atoms with Crippen LogP contribution in [0.3, 0.4) is 0 Å². The van der Waals surface area contributed by atoms with Gasteiger partial charge in [-0.1, -0.05) is 13.3 Å². The van der Waals surface area contributed by atoms with Gasteiger partial charge in [0.15, 0.2) is 0 Å². The Labute approximate surface area is 127 Å². The summed E-state index contributed by atoms with van der Waals surface area (Å²) in [6, 6.07) is 4.01. The van der Waals surface area contributed by atoms with Crippen LogP contribution in [0, 0.1) is 5.92 Å². The van der Waals surface area contributed by atoms with Crippen LogP contribution in [-0.4, -0.2) is 48.5 Å². The van der Waals surface area contributed by atoms with E-state index in [4.69, 9.17) is 5.73 Å². The number of carbonyl (C=O) groups is 1. The number of hydrogen-bond acceptors (Lipinski definition) is 4. The standard InChI is InChI=1S/C16H26N4O/c1-4-6-13-10-20(11-14(13)17)15-8-7-12(9-18-15)16(21)19(3)5-2/h7-9,13-14H,4-6,10-11,17H2,1-3H3/t13-,14-/m1/s1. The van der Waals surface area contributed by atoms with Crippen LogP contribution >= 0.6 is 0 Å². The molecule has 5 nitrogen and oxygen atoms in total. The summed E-state index contributed by atoms with van der Waals surface area (Å²) in [5.74, 6) is 1.47. The summed E-state index contributed by atoms with van der Waals surface area (Å²) in [6.45, 7) is 6.65. The Morgan fingerprint density at radius 3 is 2.76 bits per heavy atom. The molecule has 1 fully saturated rings. The third-order valence-corrected chi connectivity index (χ3v) is 4.29. The van der Waals surface area contributed by atoms with Crippen LogP contribution in [0.2, 0.25) is 0 Å². The van der Waals surface area contributed by atoms with Crippen LogP contribution in [0.1, 0.15) is 37.0 Å². The molecular formula is C16H26N4O. The van der Waals surface area contributed by atoms with Crippen molar-refractivity contribution in [1.82, 2.24) is 9.88 Å². The smallest absolute Gasteiger partial charge is 0.255 e. The third-order valence-electron chi connectivity index (χ3n) is 4.29. The molecule has 116 valence electrons. The molecule has 0 aliphatic carbocycles. The van der Waals surface area contributed by atoms with Gasteiger partial charge in [-0.2, -0.15) is 0 Å². The van der Waals surface area contributed by atoms with Crippen LogP contribution in [0.4, 0.5) is 5.82 Å². The second-order valence-electron chi connectivity index (χ2n) is 5.84. The summed E-state index contributed by atoms with van der Waals surface area (Å²) >= 11 is 0. The van der Waals surface area contributed by atoms with E-state index in [1.165, 1.54) is 0 Å². The van der Waals surface area contributed by atoms with Gasteiger partial charge < -0.3 is 15.5 Å². The first-order chi connectivity index (χ1) is 10.1. The minimum Gasteiger partial charge on any atom is -0.355 e. The summed E-state index contributed by atoms with van der Waals surface area (Å²) in [5, 5.41) is 0. The van der Waals surface area contributed by atoms with E-state index < -0.39 is 0 Å². The van der Waals surface area contributed by atoms with Gasteiger partial charge >= 0.3 is 0 Å². The SMILES string of the molecule is CCC[C@@H]1CN(c2ccc(C(=O)N(C)CC)cn2)C[C@H]1N. The third kappa shape index (κ3) is 3.53. The van der Waals surface area contributed by atoms with E-state index in [9.17, 15) is 4.79 Å². The lowest BCUT2D eigenvalue weighted by atomic mass is 9.99. The van der Waals surface area contributed by atoms with Crippen LogP contribution in [0.25, 0.3) is 0 Å². The molecule has 0 radical (unpaired) electrons. The number of pyridine rings is 1. The van der Waals surface area contributed by atoms with Gasteiger partial charge in [-0.25, -0.2) is 4.98 Å². The number of nitrogens with two attached hydrogens (primary N) is 1. The Balaban J connectivity index is 2.05. The summed E-state index contributed by atoms with van der Waals surface area (Å²) < 4.78 is 0. The predicted octanol–water partition coefficient (Wildman–Crippen LogP) is 1.74. The molecule has 0 unspecified atom stereocenters. The highest BCUT2D eigenvalue weighted by Gasteiger charge is 2.30. The van der Waals surface area contributed by atoms with Crippen LogP contribution < -0.4 is 10.6 Å². The van der Waals surface area contributed by atoms with Gasteiger partial charge in [-0.05, 0) is 31.4 Å². The summed E-state index contributed by atoms with van der Waals surface area (Å²) in [6.07, 6.45) is 3.99. The van der Waals surface area contributed by atoms with E-state index in [0.29, 0.717) is 18.0 Å². The molecule has 1 aromatic heterocycles. The van der Waals surface area contributed by atoms with Crippen molar-refractivity contribution < 1.29 is 4.79 Å². The molecule has 1 aliphatic heterocycles. The average molecular weight is 290 g/mol. The maximum atomic E-state index is 12.0. The maximum absolute atomic E-state index is 12.0. The molecule has 1 aliphatic rings. The quantitative estimate of drug-likeness (QED) is 0.897. The summed E-state index contributed by atoms with van der Waals surface area (Å²) in [7, 11) is 1.80. The molecule has 0 spiro atoms. The number of nitrogens with zero attached hydrogens (tertiary/aromatic N) is 3. The highest BCUT2D eigenvalue weighted by atomic mass is 16.2. The van der Waals surface area contributed by atoms with Gasteiger partial charge in [0.25, 0.3) is 5.91 Å². The van der Waals surface area contributed by atoms with Crippen molar-refractivity contribution in [1.29, 1.82) is 0 Å². The zero-order chi connectivity index (χ0) is 15.4. The van der Waals surface area contributed by atoms with E-state index in [2.05, 4.69) is 16.8 Å². The number of rotatable bonds is 5. The molecule has 21 heavy (non-hydrogen) atoms. The maximum Gasteiger partial charge on any atom is 0.255 e. The van der Waals surface area contributed by atoms with Crippen molar-refractivity contribution >= 4 is 11.7 Å². The Morgan fingerprint density at radius 1 is 1.43 bits per heavy atom. The van der Waals surface area contributed by atoms with Crippen molar-refractivity contribution in [2.24, 2.45) is 11.7 Å². The van der Waals surface area contributed by atoms with Crippen LogP contribution in [0.15, 0.2) is 18.3 Å². The largest absolute Gasteiger partial charge is 0.355 e. The minimum absolute atomic E-state index is 0.0125. The van der Waals surface area contributed by atoms with Crippen molar-refractivity contribution in [3.63, 3.8) is 0 Å². The monoisotopic (exact) mass is 290 g/mol. The zero-order valence-electron chi connectivity index (χ0n) is 13.2. The second-order valence-corrected chi connectivity index (χ2v) is 5.84. The van der Waals surface area contributed by atoms with Crippen molar-refractivity contribution in [3.8, 4) is 0 Å². The van der Waals surface area contributed by atoms with E-state index in [1.807, 2.05) is 19.1 Å². The molecule has 2 N–H and O–H groups in total. The molecular weight excluding hydrogens is 264 g/mol. The van der Waals surface area contributed by atoms with Crippen molar-refractivity contribution in [2.75, 3.05) is 31.6 Å². The van der Waals surface area contributed by atoms with Gasteiger partial charge in [0, 0.05) is 38.9 Å². The molecule has 1 amide bonds. The normalized spacial score (nSPS) is 21.6. The molecule has 2 atom stereocenters. The molecule has 2 rings (SSSR count). The van der Waals surface area contributed by atoms with Gasteiger partial charge in [-0.3, -0.25) is 4.79 Å². The first-order valence-electron chi connectivity index (χ1n) is 7.78. The second kappa shape index (κ2) is 6.89. The van der Waals surface area contributed by atoms with E-state index in [0.717, 1.165) is 31.7 Å². The van der Waals surface area contributed by atoms with Gasteiger partial charge in [0.05, 0.1) is 5.56 Å². The number of aromatic nitrogens is 1. The average Bonchev–Trinajstić information content (AvgIpc) is 2.87. The Bertz CT molecular complexity index is 474. The predicted molar refractivity (Wildman–Crippen MR) is 85.5 cm³/mol. The molecule has 1 saturated heterocycles. The Morgan fingerprint density at radius 2 is 2.19 bits per heavy atom. The number of carbonyl (C=O) groups excluding carboxylic acids is 1. The van der Waals surface area contributed by atoms with Crippen molar-refractivity contribution in [3.05, 3.63) is 23.9 Å². The minimum atomic E-state index is 0.0125. The van der Waals surface area contributed by atoms with E-state index in [-0.39, 0.29) is 11.9 Å². The van der Waals surface area contributed by atoms with E-state index in [1.54, 1.807) is 18.1 Å². The molecule has 2 heterocycles. The van der Waals surface area contributed by atoms with E-state index >= 15 is 0 Å². The number of anilines is 1. The first kappa shape index (κ1) is 15.8. The summed E-state index contributed by atoms with van der Waals surface area (Å²) in [5.41, 5.74) is 6.83. The number of amides is 1.